The van der Waals surface area contributed by atoms with Gasteiger partial charge in [0.15, 0.2) is 0 Å². The van der Waals surface area contributed by atoms with Gasteiger partial charge in [0.2, 0.25) is 0 Å². The quantitative estimate of drug-likeness (QED) is 0.699. The molecule has 2 N–H and O–H groups in total. The lowest BCUT2D eigenvalue weighted by molar-refractivity contribution is 0.102. The van der Waals surface area contributed by atoms with Crippen LogP contribution in [0.5, 0.6) is 5.75 Å². The highest BCUT2D eigenvalue weighted by Gasteiger charge is 2.11. The molecule has 0 unspecified atom stereocenters. The van der Waals surface area contributed by atoms with Crippen molar-refractivity contribution in [2.45, 2.75) is 13.8 Å². The Hall–Kier alpha value is -3.41. The lowest BCUT2D eigenvalue weighted by Crippen LogP contribution is -2.15. The Balaban J connectivity index is 1.75. The van der Waals surface area contributed by atoms with Crippen molar-refractivity contribution in [3.63, 3.8) is 0 Å². The number of nitrogens with zero attached hydrogens (tertiary/aromatic N) is 2. The van der Waals surface area contributed by atoms with Crippen LogP contribution in [0.2, 0.25) is 0 Å². The van der Waals surface area contributed by atoms with E-state index in [1.54, 1.807) is 13.0 Å². The molecular formula is C20H20N4O2. The molecule has 0 aliphatic rings. The molecular weight excluding hydrogens is 328 g/mol. The molecule has 3 aromatic rings. The van der Waals surface area contributed by atoms with Crippen LogP contribution in [-0.2, 0) is 0 Å². The number of para-hydroxylation sites is 1. The highest BCUT2D eigenvalue weighted by atomic mass is 16.5. The summed E-state index contributed by atoms with van der Waals surface area (Å²) in [6.45, 7) is 4.32. The second-order valence-electron chi connectivity index (χ2n) is 5.59. The van der Waals surface area contributed by atoms with Crippen LogP contribution in [0.25, 0.3) is 0 Å². The molecule has 0 spiro atoms. The van der Waals surface area contributed by atoms with Gasteiger partial charge >= 0.3 is 0 Å². The first-order valence-corrected chi connectivity index (χ1v) is 8.36. The Morgan fingerprint density at radius 1 is 1.00 bits per heavy atom. The molecule has 2 aromatic carbocycles. The number of nitrogens with one attached hydrogen (secondary N) is 2. The van der Waals surface area contributed by atoms with Gasteiger partial charge in [-0.2, -0.15) is 0 Å². The molecule has 3 rings (SSSR count). The normalized spacial score (nSPS) is 10.2. The lowest BCUT2D eigenvalue weighted by atomic mass is 10.2. The number of rotatable bonds is 6. The highest BCUT2D eigenvalue weighted by Crippen LogP contribution is 2.20. The number of ether oxygens (including phenoxy) is 1. The van der Waals surface area contributed by atoms with E-state index in [-0.39, 0.29) is 5.91 Å². The van der Waals surface area contributed by atoms with E-state index in [9.17, 15) is 4.79 Å². The minimum atomic E-state index is -0.281. The molecule has 0 saturated carbocycles. The van der Waals surface area contributed by atoms with Crippen molar-refractivity contribution in [2.75, 3.05) is 17.2 Å². The van der Waals surface area contributed by atoms with E-state index in [2.05, 4.69) is 20.6 Å². The molecule has 0 saturated heterocycles. The molecule has 6 nitrogen and oxygen atoms in total. The van der Waals surface area contributed by atoms with Crippen LogP contribution in [0.1, 0.15) is 23.2 Å². The standard InChI is InChI=1S/C20H20N4O2/c1-3-26-17-11-9-16(10-12-17)23-19-13-18(21-14(2)22-19)20(25)24-15-7-5-4-6-8-15/h4-13H,3H2,1-2H3,(H,24,25)(H,21,22,23). The second-order valence-corrected chi connectivity index (χ2v) is 5.59. The number of aromatic nitrogens is 2. The molecule has 0 fully saturated rings. The van der Waals surface area contributed by atoms with Crippen LogP contribution in [0.3, 0.4) is 0 Å². The summed E-state index contributed by atoms with van der Waals surface area (Å²) in [5.74, 6) is 1.59. The van der Waals surface area contributed by atoms with Gasteiger partial charge in [-0.15, -0.1) is 0 Å². The van der Waals surface area contributed by atoms with Crippen molar-refractivity contribution in [1.29, 1.82) is 0 Å². The molecule has 6 heteroatoms. The van der Waals surface area contributed by atoms with E-state index in [1.165, 1.54) is 0 Å². The summed E-state index contributed by atoms with van der Waals surface area (Å²) in [6.07, 6.45) is 0. The van der Waals surface area contributed by atoms with Gasteiger partial charge in [-0.1, -0.05) is 18.2 Å². The van der Waals surface area contributed by atoms with Crippen molar-refractivity contribution in [3.8, 4) is 5.75 Å². The number of hydrogen-bond donors (Lipinski definition) is 2. The van der Waals surface area contributed by atoms with Crippen LogP contribution >= 0.6 is 0 Å². The molecule has 0 aliphatic carbocycles. The van der Waals surface area contributed by atoms with E-state index in [0.717, 1.165) is 17.1 Å². The van der Waals surface area contributed by atoms with E-state index in [0.29, 0.717) is 23.9 Å². The number of aryl methyl sites for hydroxylation is 1. The maximum atomic E-state index is 12.4. The van der Waals surface area contributed by atoms with Gasteiger partial charge in [0.05, 0.1) is 6.61 Å². The average molecular weight is 348 g/mol. The zero-order valence-electron chi connectivity index (χ0n) is 14.7. The Bertz CT molecular complexity index is 880. The minimum Gasteiger partial charge on any atom is -0.494 e. The molecule has 0 aliphatic heterocycles. The predicted molar refractivity (Wildman–Crippen MR) is 102 cm³/mol. The molecule has 0 atom stereocenters. The number of hydrogen-bond acceptors (Lipinski definition) is 5. The SMILES string of the molecule is CCOc1ccc(Nc2cc(C(=O)Nc3ccccc3)nc(C)n2)cc1. The van der Waals surface area contributed by atoms with E-state index in [4.69, 9.17) is 4.74 Å². The number of benzene rings is 2. The summed E-state index contributed by atoms with van der Waals surface area (Å²) < 4.78 is 5.43. The monoisotopic (exact) mass is 348 g/mol. The van der Waals surface area contributed by atoms with Gasteiger partial charge < -0.3 is 15.4 Å². The third-order valence-electron chi connectivity index (χ3n) is 3.54. The molecule has 132 valence electrons. The summed E-state index contributed by atoms with van der Waals surface area (Å²) >= 11 is 0. The Labute approximate surface area is 152 Å². The van der Waals surface area contributed by atoms with Crippen LogP contribution < -0.4 is 15.4 Å². The number of anilines is 3. The number of amides is 1. The van der Waals surface area contributed by atoms with Crippen molar-refractivity contribution in [2.24, 2.45) is 0 Å². The molecule has 26 heavy (non-hydrogen) atoms. The highest BCUT2D eigenvalue weighted by molar-refractivity contribution is 6.03. The summed E-state index contributed by atoms with van der Waals surface area (Å²) in [5, 5.41) is 6.01. The second kappa shape index (κ2) is 8.11. The Morgan fingerprint density at radius 2 is 1.73 bits per heavy atom. The van der Waals surface area contributed by atoms with E-state index >= 15 is 0 Å². The van der Waals surface area contributed by atoms with Crippen LogP contribution in [0.15, 0.2) is 60.7 Å². The topological polar surface area (TPSA) is 76.1 Å². The average Bonchev–Trinajstić information content (AvgIpc) is 2.64. The third-order valence-corrected chi connectivity index (χ3v) is 3.54. The molecule has 1 amide bonds. The summed E-state index contributed by atoms with van der Waals surface area (Å²) in [4.78, 5) is 21.0. The van der Waals surface area contributed by atoms with Crippen molar-refractivity contribution >= 4 is 23.1 Å². The van der Waals surface area contributed by atoms with Crippen molar-refractivity contribution in [1.82, 2.24) is 9.97 Å². The number of carbonyl (C=O) groups is 1. The van der Waals surface area contributed by atoms with Gasteiger partial charge in [0.1, 0.15) is 23.1 Å². The lowest BCUT2D eigenvalue weighted by Gasteiger charge is -2.10. The fourth-order valence-electron chi connectivity index (χ4n) is 2.41. The first-order valence-electron chi connectivity index (χ1n) is 8.36. The molecule has 0 radical (unpaired) electrons. The van der Waals surface area contributed by atoms with Crippen molar-refractivity contribution < 1.29 is 9.53 Å². The largest absolute Gasteiger partial charge is 0.494 e. The van der Waals surface area contributed by atoms with E-state index in [1.807, 2.05) is 61.5 Å². The summed E-state index contributed by atoms with van der Waals surface area (Å²) in [7, 11) is 0. The van der Waals surface area contributed by atoms with Crippen molar-refractivity contribution in [3.05, 3.63) is 72.2 Å². The zero-order valence-corrected chi connectivity index (χ0v) is 14.7. The Morgan fingerprint density at radius 3 is 2.42 bits per heavy atom. The van der Waals surface area contributed by atoms with Gasteiger partial charge in [0, 0.05) is 17.4 Å². The third kappa shape index (κ3) is 4.57. The molecule has 1 heterocycles. The summed E-state index contributed by atoms with van der Waals surface area (Å²) in [6, 6.07) is 18.4. The summed E-state index contributed by atoms with van der Waals surface area (Å²) in [5.41, 5.74) is 1.87. The van der Waals surface area contributed by atoms with Gasteiger partial charge in [-0.25, -0.2) is 9.97 Å². The predicted octanol–water partition coefficient (Wildman–Crippen LogP) is 4.18. The van der Waals surface area contributed by atoms with Gasteiger partial charge in [0.25, 0.3) is 5.91 Å². The van der Waals surface area contributed by atoms with Crippen LogP contribution in [0, 0.1) is 6.92 Å². The zero-order chi connectivity index (χ0) is 18.4. The van der Waals surface area contributed by atoms with Gasteiger partial charge in [-0.05, 0) is 50.2 Å². The van der Waals surface area contributed by atoms with Crippen LogP contribution in [-0.4, -0.2) is 22.5 Å². The van der Waals surface area contributed by atoms with Crippen LogP contribution in [0.4, 0.5) is 17.2 Å². The molecule has 1 aromatic heterocycles. The maximum Gasteiger partial charge on any atom is 0.274 e. The number of carbonyl (C=O) groups excluding carboxylic acids is 1. The van der Waals surface area contributed by atoms with E-state index < -0.39 is 0 Å². The first kappa shape index (κ1) is 17.4. The Kier molecular flexibility index (Phi) is 5.43. The molecule has 0 bridgehead atoms. The maximum absolute atomic E-state index is 12.4. The van der Waals surface area contributed by atoms with Gasteiger partial charge in [-0.3, -0.25) is 4.79 Å². The first-order chi connectivity index (χ1) is 12.6. The fraction of sp³-hybridized carbons (Fsp3) is 0.150. The fourth-order valence-corrected chi connectivity index (χ4v) is 2.41. The smallest absolute Gasteiger partial charge is 0.274 e. The minimum absolute atomic E-state index is 0.281.